The number of rotatable bonds is 7. The lowest BCUT2D eigenvalue weighted by Crippen LogP contribution is -2.20. The Morgan fingerprint density at radius 1 is 1.35 bits per heavy atom. The van der Waals surface area contributed by atoms with Crippen molar-refractivity contribution in [2.24, 2.45) is 5.84 Å². The van der Waals surface area contributed by atoms with Crippen molar-refractivity contribution in [3.8, 4) is 5.75 Å². The molecule has 1 heterocycles. The Labute approximate surface area is 102 Å². The van der Waals surface area contributed by atoms with Gasteiger partial charge in [-0.3, -0.25) is 0 Å². The first-order valence-corrected chi connectivity index (χ1v) is 5.88. The highest BCUT2D eigenvalue weighted by Crippen LogP contribution is 2.29. The molecule has 0 bridgehead atoms. The fourth-order valence-corrected chi connectivity index (χ4v) is 1.69. The zero-order chi connectivity index (χ0) is 12.7. The Hall–Kier alpha value is -1.56. The van der Waals surface area contributed by atoms with Gasteiger partial charge < -0.3 is 15.5 Å². The summed E-state index contributed by atoms with van der Waals surface area (Å²) in [5.74, 6) is 7.07. The van der Waals surface area contributed by atoms with Gasteiger partial charge in [-0.15, -0.1) is 0 Å². The highest BCUT2D eigenvalue weighted by atomic mass is 16.5. The molecule has 0 aliphatic carbocycles. The lowest BCUT2D eigenvalue weighted by molar-refractivity contribution is 0.413. The van der Waals surface area contributed by atoms with Gasteiger partial charge in [-0.2, -0.15) is 0 Å². The summed E-state index contributed by atoms with van der Waals surface area (Å²) in [4.78, 5) is 8.18. The van der Waals surface area contributed by atoms with Gasteiger partial charge in [0.05, 0.1) is 7.11 Å². The maximum atomic E-state index is 5.37. The molecule has 96 valence electrons. The number of anilines is 2. The van der Waals surface area contributed by atoms with Gasteiger partial charge in [0.2, 0.25) is 5.75 Å². The minimum Gasteiger partial charge on any atom is -0.490 e. The number of nitrogen functional groups attached to an aromatic ring is 1. The molecule has 0 saturated carbocycles. The third-order valence-corrected chi connectivity index (χ3v) is 2.62. The van der Waals surface area contributed by atoms with E-state index in [4.69, 9.17) is 10.6 Å². The Morgan fingerprint density at radius 3 is 2.59 bits per heavy atom. The standard InChI is InChI=1S/C11H21N5O/c1-4-6-8(5-2)15-10-9(17-3)11(16-12)14-7-13-10/h7-8H,4-6,12H2,1-3H3,(H2,13,14,15,16). The number of methoxy groups -OCH3 is 1. The van der Waals surface area contributed by atoms with E-state index >= 15 is 0 Å². The normalized spacial score (nSPS) is 12.0. The first kappa shape index (κ1) is 13.5. The molecular formula is C11H21N5O. The van der Waals surface area contributed by atoms with Crippen LogP contribution in [0.2, 0.25) is 0 Å². The van der Waals surface area contributed by atoms with Crippen LogP contribution < -0.4 is 21.3 Å². The van der Waals surface area contributed by atoms with Crippen molar-refractivity contribution >= 4 is 11.6 Å². The number of hydrazine groups is 1. The number of hydrogen-bond donors (Lipinski definition) is 3. The largest absolute Gasteiger partial charge is 0.490 e. The van der Waals surface area contributed by atoms with Gasteiger partial charge in [0, 0.05) is 6.04 Å². The van der Waals surface area contributed by atoms with E-state index in [1.807, 2.05) is 0 Å². The molecule has 0 aliphatic heterocycles. The zero-order valence-electron chi connectivity index (χ0n) is 10.7. The van der Waals surface area contributed by atoms with Crippen LogP contribution in [0.25, 0.3) is 0 Å². The summed E-state index contributed by atoms with van der Waals surface area (Å²) < 4.78 is 5.26. The summed E-state index contributed by atoms with van der Waals surface area (Å²) >= 11 is 0. The van der Waals surface area contributed by atoms with Crippen molar-refractivity contribution in [3.63, 3.8) is 0 Å². The van der Waals surface area contributed by atoms with Crippen molar-refractivity contribution in [1.29, 1.82) is 0 Å². The van der Waals surface area contributed by atoms with Crippen LogP contribution in [0.3, 0.4) is 0 Å². The molecule has 6 heteroatoms. The van der Waals surface area contributed by atoms with Crippen molar-refractivity contribution in [3.05, 3.63) is 6.33 Å². The van der Waals surface area contributed by atoms with Crippen molar-refractivity contribution < 1.29 is 4.74 Å². The molecule has 0 radical (unpaired) electrons. The molecule has 0 fully saturated rings. The van der Waals surface area contributed by atoms with Gasteiger partial charge in [0.1, 0.15) is 6.33 Å². The Kier molecular flexibility index (Phi) is 5.48. The van der Waals surface area contributed by atoms with Crippen LogP contribution in [0.4, 0.5) is 11.6 Å². The van der Waals surface area contributed by atoms with E-state index in [-0.39, 0.29) is 0 Å². The average molecular weight is 239 g/mol. The van der Waals surface area contributed by atoms with E-state index in [0.29, 0.717) is 23.4 Å². The summed E-state index contributed by atoms with van der Waals surface area (Å²) in [6.45, 7) is 4.30. The molecule has 1 aromatic rings. The van der Waals surface area contributed by atoms with Crippen molar-refractivity contribution in [2.45, 2.75) is 39.2 Å². The van der Waals surface area contributed by atoms with Crippen LogP contribution in [0, 0.1) is 0 Å². The highest BCUT2D eigenvalue weighted by Gasteiger charge is 2.14. The lowest BCUT2D eigenvalue weighted by Gasteiger charge is -2.19. The maximum Gasteiger partial charge on any atom is 0.205 e. The maximum absolute atomic E-state index is 5.37. The van der Waals surface area contributed by atoms with Crippen LogP contribution in [-0.4, -0.2) is 23.1 Å². The molecule has 6 nitrogen and oxygen atoms in total. The highest BCUT2D eigenvalue weighted by molar-refractivity contribution is 5.63. The summed E-state index contributed by atoms with van der Waals surface area (Å²) in [6, 6.07) is 0.384. The van der Waals surface area contributed by atoms with Gasteiger partial charge in [-0.25, -0.2) is 15.8 Å². The molecule has 0 saturated heterocycles. The fourth-order valence-electron chi connectivity index (χ4n) is 1.69. The van der Waals surface area contributed by atoms with Crippen molar-refractivity contribution in [2.75, 3.05) is 17.9 Å². The molecule has 1 aromatic heterocycles. The number of nitrogens with two attached hydrogens (primary N) is 1. The number of aromatic nitrogens is 2. The SMILES string of the molecule is CCCC(CC)Nc1ncnc(NN)c1OC. The van der Waals surface area contributed by atoms with Crippen LogP contribution in [-0.2, 0) is 0 Å². The predicted molar refractivity (Wildman–Crippen MR) is 69.0 cm³/mol. The third kappa shape index (κ3) is 3.45. The fraction of sp³-hybridized carbons (Fsp3) is 0.636. The number of nitrogens with zero attached hydrogens (tertiary/aromatic N) is 2. The molecule has 4 N–H and O–H groups in total. The molecule has 0 amide bonds. The van der Waals surface area contributed by atoms with Crippen molar-refractivity contribution in [1.82, 2.24) is 9.97 Å². The summed E-state index contributed by atoms with van der Waals surface area (Å²) in [7, 11) is 1.57. The lowest BCUT2D eigenvalue weighted by atomic mass is 10.1. The van der Waals surface area contributed by atoms with Crippen LogP contribution >= 0.6 is 0 Å². The second-order valence-electron chi connectivity index (χ2n) is 3.79. The van der Waals surface area contributed by atoms with E-state index in [2.05, 4.69) is 34.6 Å². The van der Waals surface area contributed by atoms with Crippen LogP contribution in [0.1, 0.15) is 33.1 Å². The average Bonchev–Trinajstić information content (AvgIpc) is 2.37. The zero-order valence-corrected chi connectivity index (χ0v) is 10.7. The predicted octanol–water partition coefficient (Wildman–Crippen LogP) is 1.76. The smallest absolute Gasteiger partial charge is 0.205 e. The van der Waals surface area contributed by atoms with E-state index < -0.39 is 0 Å². The van der Waals surface area contributed by atoms with Gasteiger partial charge in [-0.1, -0.05) is 20.3 Å². The topological polar surface area (TPSA) is 85.1 Å². The number of hydrogen-bond acceptors (Lipinski definition) is 6. The monoisotopic (exact) mass is 239 g/mol. The van der Waals surface area contributed by atoms with Crippen LogP contribution in [0.15, 0.2) is 6.33 Å². The molecule has 1 rings (SSSR count). The molecule has 1 atom stereocenters. The molecule has 17 heavy (non-hydrogen) atoms. The first-order chi connectivity index (χ1) is 8.26. The van der Waals surface area contributed by atoms with Gasteiger partial charge in [-0.05, 0) is 12.8 Å². The van der Waals surface area contributed by atoms with Crippen LogP contribution in [0.5, 0.6) is 5.75 Å². The summed E-state index contributed by atoms with van der Waals surface area (Å²) in [5, 5.41) is 3.35. The van der Waals surface area contributed by atoms with Gasteiger partial charge in [0.15, 0.2) is 11.6 Å². The summed E-state index contributed by atoms with van der Waals surface area (Å²) in [5.41, 5.74) is 2.49. The van der Waals surface area contributed by atoms with Gasteiger partial charge in [0.25, 0.3) is 0 Å². The minimum absolute atomic E-state index is 0.384. The third-order valence-electron chi connectivity index (χ3n) is 2.62. The Morgan fingerprint density at radius 2 is 2.06 bits per heavy atom. The molecule has 0 aliphatic rings. The molecule has 0 aromatic carbocycles. The Balaban J connectivity index is 2.88. The quantitative estimate of drug-likeness (QED) is 0.496. The van der Waals surface area contributed by atoms with E-state index in [0.717, 1.165) is 19.3 Å². The number of ether oxygens (including phenoxy) is 1. The van der Waals surface area contributed by atoms with E-state index in [1.54, 1.807) is 7.11 Å². The second-order valence-corrected chi connectivity index (χ2v) is 3.79. The minimum atomic E-state index is 0.384. The molecule has 1 unspecified atom stereocenters. The Bertz CT molecular complexity index is 345. The summed E-state index contributed by atoms with van der Waals surface area (Å²) in [6.07, 6.45) is 4.71. The second kappa shape index (κ2) is 6.90. The first-order valence-electron chi connectivity index (χ1n) is 5.88. The van der Waals surface area contributed by atoms with Gasteiger partial charge >= 0.3 is 0 Å². The van der Waals surface area contributed by atoms with E-state index in [9.17, 15) is 0 Å². The number of nitrogens with one attached hydrogen (secondary N) is 2. The molecular weight excluding hydrogens is 218 g/mol. The van der Waals surface area contributed by atoms with E-state index in [1.165, 1.54) is 6.33 Å². The molecule has 0 spiro atoms.